The summed E-state index contributed by atoms with van der Waals surface area (Å²) in [6, 6.07) is 10.1. The fraction of sp³-hybridized carbons (Fsp3) is 0.385. The van der Waals surface area contributed by atoms with Crippen LogP contribution in [0.1, 0.15) is 18.2 Å². The van der Waals surface area contributed by atoms with E-state index in [1.54, 1.807) is 0 Å². The van der Waals surface area contributed by atoms with E-state index in [-0.39, 0.29) is 6.04 Å². The minimum absolute atomic E-state index is 0.0886. The Kier molecular flexibility index (Phi) is 2.99. The van der Waals surface area contributed by atoms with Gasteiger partial charge in [-0.05, 0) is 25.1 Å². The highest BCUT2D eigenvalue weighted by Gasteiger charge is 2.21. The van der Waals surface area contributed by atoms with E-state index in [4.69, 9.17) is 4.42 Å². The molecule has 0 radical (unpaired) electrons. The summed E-state index contributed by atoms with van der Waals surface area (Å²) in [5.74, 6) is 2.35. The Morgan fingerprint density at radius 2 is 2.24 bits per heavy atom. The Bertz CT molecular complexity index is 516. The highest BCUT2D eigenvalue weighted by atomic mass is 32.2. The molecule has 1 aliphatic rings. The standard InChI is InChI=1S/C13H15NO2S/c15-17-7-3-6-14-11(9-17)13-8-10-4-1-2-5-12(10)16-13/h1-2,4-5,8,11,14H,3,6-7,9H2. The molecule has 0 saturated carbocycles. The molecule has 0 spiro atoms. The van der Waals surface area contributed by atoms with E-state index in [9.17, 15) is 4.21 Å². The van der Waals surface area contributed by atoms with E-state index in [1.165, 1.54) is 0 Å². The molecule has 0 amide bonds. The predicted molar refractivity (Wildman–Crippen MR) is 69.5 cm³/mol. The lowest BCUT2D eigenvalue weighted by Crippen LogP contribution is -2.23. The first-order valence-electron chi connectivity index (χ1n) is 5.90. The molecule has 0 bridgehead atoms. The van der Waals surface area contributed by atoms with Crippen LogP contribution in [0.4, 0.5) is 0 Å². The van der Waals surface area contributed by atoms with Crippen molar-refractivity contribution >= 4 is 21.8 Å². The summed E-state index contributed by atoms with van der Waals surface area (Å²) in [6.07, 6.45) is 0.976. The minimum atomic E-state index is -0.732. The van der Waals surface area contributed by atoms with Gasteiger partial charge in [-0.2, -0.15) is 0 Å². The van der Waals surface area contributed by atoms with E-state index >= 15 is 0 Å². The molecule has 2 heterocycles. The van der Waals surface area contributed by atoms with E-state index in [2.05, 4.69) is 11.4 Å². The van der Waals surface area contributed by atoms with Crippen LogP contribution in [0.25, 0.3) is 11.0 Å². The zero-order chi connectivity index (χ0) is 11.7. The maximum absolute atomic E-state index is 11.7. The topological polar surface area (TPSA) is 42.2 Å². The van der Waals surface area contributed by atoms with Crippen LogP contribution in [-0.4, -0.2) is 22.3 Å². The Labute approximate surface area is 103 Å². The Morgan fingerprint density at radius 1 is 1.35 bits per heavy atom. The van der Waals surface area contributed by atoms with Crippen LogP contribution in [-0.2, 0) is 10.8 Å². The number of hydrogen-bond donors (Lipinski definition) is 1. The second-order valence-electron chi connectivity index (χ2n) is 4.36. The van der Waals surface area contributed by atoms with Crippen molar-refractivity contribution in [1.82, 2.24) is 5.32 Å². The summed E-state index contributed by atoms with van der Waals surface area (Å²) >= 11 is 0. The Morgan fingerprint density at radius 3 is 3.12 bits per heavy atom. The molecule has 2 unspecified atom stereocenters. The molecular formula is C13H15NO2S. The summed E-state index contributed by atoms with van der Waals surface area (Å²) < 4.78 is 17.5. The molecule has 1 aromatic heterocycles. The number of furan rings is 1. The van der Waals surface area contributed by atoms with Crippen LogP contribution in [0.2, 0.25) is 0 Å². The minimum Gasteiger partial charge on any atom is -0.459 e. The second kappa shape index (κ2) is 4.63. The number of fused-ring (bicyclic) bond motifs is 1. The fourth-order valence-corrected chi connectivity index (χ4v) is 3.48. The summed E-state index contributed by atoms with van der Waals surface area (Å²) in [6.45, 7) is 0.910. The van der Waals surface area contributed by atoms with Crippen LogP contribution >= 0.6 is 0 Å². The molecule has 0 aliphatic carbocycles. The van der Waals surface area contributed by atoms with E-state index in [0.29, 0.717) is 5.75 Å². The molecule has 4 heteroatoms. The summed E-state index contributed by atoms with van der Waals surface area (Å²) in [5.41, 5.74) is 0.902. The van der Waals surface area contributed by atoms with Gasteiger partial charge in [0.25, 0.3) is 0 Å². The zero-order valence-electron chi connectivity index (χ0n) is 9.52. The third kappa shape index (κ3) is 2.28. The summed E-state index contributed by atoms with van der Waals surface area (Å²) in [4.78, 5) is 0. The fourth-order valence-electron chi connectivity index (χ4n) is 2.19. The highest BCUT2D eigenvalue weighted by molar-refractivity contribution is 7.85. The first-order valence-corrected chi connectivity index (χ1v) is 7.38. The first-order chi connectivity index (χ1) is 8.33. The molecule has 90 valence electrons. The average molecular weight is 249 g/mol. The zero-order valence-corrected chi connectivity index (χ0v) is 10.3. The van der Waals surface area contributed by atoms with Gasteiger partial charge in [-0.3, -0.25) is 4.21 Å². The monoisotopic (exact) mass is 249 g/mol. The van der Waals surface area contributed by atoms with Gasteiger partial charge in [-0.15, -0.1) is 0 Å². The summed E-state index contributed by atoms with van der Waals surface area (Å²) in [7, 11) is -0.732. The van der Waals surface area contributed by atoms with Crippen LogP contribution in [0, 0.1) is 0 Å². The van der Waals surface area contributed by atoms with Crippen LogP contribution in [0.3, 0.4) is 0 Å². The van der Waals surface area contributed by atoms with Crippen LogP contribution in [0.5, 0.6) is 0 Å². The van der Waals surface area contributed by atoms with Crippen molar-refractivity contribution in [2.75, 3.05) is 18.1 Å². The lowest BCUT2D eigenvalue weighted by molar-refractivity contribution is 0.459. The number of para-hydroxylation sites is 1. The highest BCUT2D eigenvalue weighted by Crippen LogP contribution is 2.25. The van der Waals surface area contributed by atoms with Gasteiger partial charge >= 0.3 is 0 Å². The second-order valence-corrected chi connectivity index (χ2v) is 5.98. The molecular weight excluding hydrogens is 234 g/mol. The van der Waals surface area contributed by atoms with Crippen molar-refractivity contribution in [2.24, 2.45) is 0 Å². The molecule has 1 aliphatic heterocycles. The molecule has 1 N–H and O–H groups in total. The van der Waals surface area contributed by atoms with Gasteiger partial charge in [0.1, 0.15) is 11.3 Å². The average Bonchev–Trinajstić information content (AvgIpc) is 2.65. The van der Waals surface area contributed by atoms with Crippen molar-refractivity contribution < 1.29 is 8.63 Å². The molecule has 1 saturated heterocycles. The number of benzene rings is 1. The van der Waals surface area contributed by atoms with Gasteiger partial charge in [0.2, 0.25) is 0 Å². The molecule has 1 fully saturated rings. The van der Waals surface area contributed by atoms with E-state index in [1.807, 2.05) is 24.3 Å². The van der Waals surface area contributed by atoms with Crippen molar-refractivity contribution in [3.05, 3.63) is 36.1 Å². The molecule has 3 rings (SSSR count). The molecule has 17 heavy (non-hydrogen) atoms. The molecule has 2 aromatic rings. The van der Waals surface area contributed by atoms with Crippen molar-refractivity contribution in [1.29, 1.82) is 0 Å². The van der Waals surface area contributed by atoms with Crippen molar-refractivity contribution in [2.45, 2.75) is 12.5 Å². The van der Waals surface area contributed by atoms with Gasteiger partial charge < -0.3 is 9.73 Å². The number of hydrogen-bond acceptors (Lipinski definition) is 3. The largest absolute Gasteiger partial charge is 0.459 e. The van der Waals surface area contributed by atoms with Crippen molar-refractivity contribution in [3.8, 4) is 0 Å². The Hall–Kier alpha value is -1.13. The van der Waals surface area contributed by atoms with Gasteiger partial charge in [-0.25, -0.2) is 0 Å². The maximum Gasteiger partial charge on any atom is 0.134 e. The molecule has 3 nitrogen and oxygen atoms in total. The van der Waals surface area contributed by atoms with Crippen molar-refractivity contribution in [3.63, 3.8) is 0 Å². The molecule has 2 atom stereocenters. The Balaban J connectivity index is 1.94. The lowest BCUT2D eigenvalue weighted by atomic mass is 10.2. The lowest BCUT2D eigenvalue weighted by Gasteiger charge is -2.11. The normalized spacial score (nSPS) is 25.9. The SMILES string of the molecule is O=S1CCCNC(c2cc3ccccc3o2)C1. The summed E-state index contributed by atoms with van der Waals surface area (Å²) in [5, 5.41) is 4.51. The number of rotatable bonds is 1. The maximum atomic E-state index is 11.7. The van der Waals surface area contributed by atoms with Gasteiger partial charge in [-0.1, -0.05) is 18.2 Å². The third-order valence-electron chi connectivity index (χ3n) is 3.08. The van der Waals surface area contributed by atoms with E-state index < -0.39 is 10.8 Å². The first kappa shape index (κ1) is 11.0. The van der Waals surface area contributed by atoms with E-state index in [0.717, 1.165) is 35.4 Å². The smallest absolute Gasteiger partial charge is 0.134 e. The number of nitrogens with one attached hydrogen (secondary N) is 1. The van der Waals surface area contributed by atoms with Gasteiger partial charge in [0.05, 0.1) is 6.04 Å². The quantitative estimate of drug-likeness (QED) is 0.842. The third-order valence-corrected chi connectivity index (χ3v) is 4.53. The predicted octanol–water partition coefficient (Wildman–Crippen LogP) is 2.22. The van der Waals surface area contributed by atoms with Gasteiger partial charge in [0, 0.05) is 27.7 Å². The molecule has 1 aromatic carbocycles. The van der Waals surface area contributed by atoms with Crippen LogP contribution < -0.4 is 5.32 Å². The van der Waals surface area contributed by atoms with Gasteiger partial charge in [0.15, 0.2) is 0 Å². The van der Waals surface area contributed by atoms with Crippen LogP contribution in [0.15, 0.2) is 34.7 Å².